The molecule has 0 heterocycles. The molecule has 0 atom stereocenters. The van der Waals surface area contributed by atoms with Gasteiger partial charge < -0.3 is 14.2 Å². The zero-order valence-electron chi connectivity index (χ0n) is 15.3. The van der Waals surface area contributed by atoms with Gasteiger partial charge >= 0.3 is 5.97 Å². The Bertz CT molecular complexity index is 860. The summed E-state index contributed by atoms with van der Waals surface area (Å²) in [6, 6.07) is 24.9. The largest absolute Gasteiger partial charge is 0.485 e. The zero-order valence-corrected chi connectivity index (χ0v) is 15.3. The van der Waals surface area contributed by atoms with Gasteiger partial charge in [-0.3, -0.25) is 0 Å². The number of ether oxygens (including phenoxy) is 3. The number of esters is 1. The topological polar surface area (TPSA) is 44.8 Å². The van der Waals surface area contributed by atoms with Crippen molar-refractivity contribution >= 4 is 5.97 Å². The van der Waals surface area contributed by atoms with Crippen molar-refractivity contribution in [3.05, 3.63) is 95.6 Å². The van der Waals surface area contributed by atoms with E-state index in [4.69, 9.17) is 14.2 Å². The first kappa shape index (κ1) is 18.5. The molecule has 3 aromatic rings. The van der Waals surface area contributed by atoms with Crippen LogP contribution in [0.3, 0.4) is 0 Å². The SMILES string of the molecule is CCOC(=O)c1cccc(OCc2ccccc2)c1OCc1ccccc1. The lowest BCUT2D eigenvalue weighted by molar-refractivity contribution is 0.0520. The van der Waals surface area contributed by atoms with Crippen molar-refractivity contribution in [1.29, 1.82) is 0 Å². The third kappa shape index (κ3) is 5.11. The average molecular weight is 362 g/mol. The van der Waals surface area contributed by atoms with Crippen molar-refractivity contribution in [1.82, 2.24) is 0 Å². The molecule has 0 aliphatic heterocycles. The Kier molecular flexibility index (Phi) is 6.47. The lowest BCUT2D eigenvalue weighted by atomic mass is 10.1. The van der Waals surface area contributed by atoms with Crippen molar-refractivity contribution in [2.45, 2.75) is 20.1 Å². The summed E-state index contributed by atoms with van der Waals surface area (Å²) < 4.78 is 17.1. The molecular weight excluding hydrogens is 340 g/mol. The Morgan fingerprint density at radius 3 is 1.93 bits per heavy atom. The fraction of sp³-hybridized carbons (Fsp3) is 0.174. The first-order valence-corrected chi connectivity index (χ1v) is 8.91. The molecule has 3 rings (SSSR count). The lowest BCUT2D eigenvalue weighted by Gasteiger charge is -2.16. The summed E-state index contributed by atoms with van der Waals surface area (Å²) in [7, 11) is 0. The van der Waals surface area contributed by atoms with Gasteiger partial charge in [0.25, 0.3) is 0 Å². The van der Waals surface area contributed by atoms with Gasteiger partial charge in [0.05, 0.1) is 6.61 Å². The predicted molar refractivity (Wildman–Crippen MR) is 104 cm³/mol. The van der Waals surface area contributed by atoms with Crippen LogP contribution in [0.4, 0.5) is 0 Å². The van der Waals surface area contributed by atoms with Gasteiger partial charge in [0.2, 0.25) is 0 Å². The minimum Gasteiger partial charge on any atom is -0.485 e. The quantitative estimate of drug-likeness (QED) is 0.528. The number of hydrogen-bond donors (Lipinski definition) is 0. The highest BCUT2D eigenvalue weighted by Gasteiger charge is 2.19. The van der Waals surface area contributed by atoms with Gasteiger partial charge in [-0.2, -0.15) is 0 Å². The van der Waals surface area contributed by atoms with Gasteiger partial charge in [-0.25, -0.2) is 4.79 Å². The van der Waals surface area contributed by atoms with Crippen LogP contribution in [-0.2, 0) is 18.0 Å². The summed E-state index contributed by atoms with van der Waals surface area (Å²) in [6.45, 7) is 2.79. The Hall–Kier alpha value is -3.27. The first-order valence-electron chi connectivity index (χ1n) is 8.91. The second-order valence-electron chi connectivity index (χ2n) is 5.90. The van der Waals surface area contributed by atoms with E-state index in [2.05, 4.69) is 0 Å². The summed E-state index contributed by atoms with van der Waals surface area (Å²) in [6.07, 6.45) is 0. The predicted octanol–water partition coefficient (Wildman–Crippen LogP) is 5.02. The molecule has 0 radical (unpaired) electrons. The molecule has 0 aliphatic rings. The maximum absolute atomic E-state index is 12.3. The number of carbonyl (C=O) groups is 1. The highest BCUT2D eigenvalue weighted by atomic mass is 16.5. The van der Waals surface area contributed by atoms with Crippen molar-refractivity contribution in [2.75, 3.05) is 6.61 Å². The summed E-state index contributed by atoms with van der Waals surface area (Å²) in [4.78, 5) is 12.3. The Morgan fingerprint density at radius 1 is 0.741 bits per heavy atom. The van der Waals surface area contributed by atoms with Crippen LogP contribution in [0.2, 0.25) is 0 Å². The molecule has 0 aromatic heterocycles. The van der Waals surface area contributed by atoms with Crippen molar-refractivity contribution in [3.63, 3.8) is 0 Å². The van der Waals surface area contributed by atoms with E-state index in [9.17, 15) is 4.79 Å². The summed E-state index contributed by atoms with van der Waals surface area (Å²) in [5.74, 6) is 0.488. The van der Waals surface area contributed by atoms with E-state index in [1.54, 1.807) is 25.1 Å². The number of carbonyl (C=O) groups excluding carboxylic acids is 1. The maximum atomic E-state index is 12.3. The Labute approximate surface area is 159 Å². The van der Waals surface area contributed by atoms with E-state index >= 15 is 0 Å². The molecule has 0 saturated carbocycles. The van der Waals surface area contributed by atoms with Crippen LogP contribution in [0.15, 0.2) is 78.9 Å². The first-order chi connectivity index (χ1) is 13.3. The van der Waals surface area contributed by atoms with Gasteiger partial charge in [-0.15, -0.1) is 0 Å². The molecule has 0 aliphatic carbocycles. The fourth-order valence-electron chi connectivity index (χ4n) is 2.61. The number of hydrogen-bond acceptors (Lipinski definition) is 4. The molecule has 0 bridgehead atoms. The van der Waals surface area contributed by atoms with Gasteiger partial charge in [0, 0.05) is 0 Å². The Morgan fingerprint density at radius 2 is 1.33 bits per heavy atom. The molecule has 0 N–H and O–H groups in total. The maximum Gasteiger partial charge on any atom is 0.342 e. The van der Waals surface area contributed by atoms with Crippen molar-refractivity contribution < 1.29 is 19.0 Å². The molecule has 0 spiro atoms. The fourth-order valence-corrected chi connectivity index (χ4v) is 2.61. The lowest BCUT2D eigenvalue weighted by Crippen LogP contribution is -2.09. The van der Waals surface area contributed by atoms with E-state index in [0.29, 0.717) is 36.9 Å². The van der Waals surface area contributed by atoms with Gasteiger partial charge in [-0.1, -0.05) is 66.7 Å². The summed E-state index contributed by atoms with van der Waals surface area (Å²) in [5, 5.41) is 0. The smallest absolute Gasteiger partial charge is 0.342 e. The highest BCUT2D eigenvalue weighted by molar-refractivity contribution is 5.93. The van der Waals surface area contributed by atoms with Crippen LogP contribution in [0.5, 0.6) is 11.5 Å². The minimum absolute atomic E-state index is 0.298. The number of rotatable bonds is 8. The normalized spacial score (nSPS) is 10.3. The van der Waals surface area contributed by atoms with Crippen LogP contribution >= 0.6 is 0 Å². The molecule has 4 nitrogen and oxygen atoms in total. The monoisotopic (exact) mass is 362 g/mol. The number of benzene rings is 3. The molecule has 3 aromatic carbocycles. The molecule has 0 fully saturated rings. The standard InChI is InChI=1S/C23H22O4/c1-2-25-23(24)20-14-9-15-21(26-16-18-10-5-3-6-11-18)22(20)27-17-19-12-7-4-8-13-19/h3-15H,2,16-17H2,1H3. The van der Waals surface area contributed by atoms with Crippen LogP contribution < -0.4 is 9.47 Å². The molecular formula is C23H22O4. The molecule has 0 saturated heterocycles. The second kappa shape index (κ2) is 9.43. The average Bonchev–Trinajstić information content (AvgIpc) is 2.72. The van der Waals surface area contributed by atoms with Gasteiger partial charge in [0.1, 0.15) is 18.8 Å². The number of para-hydroxylation sites is 1. The van der Waals surface area contributed by atoms with Gasteiger partial charge in [0.15, 0.2) is 11.5 Å². The molecule has 0 amide bonds. The van der Waals surface area contributed by atoms with E-state index < -0.39 is 5.97 Å². The van der Waals surface area contributed by atoms with Crippen molar-refractivity contribution in [3.8, 4) is 11.5 Å². The van der Waals surface area contributed by atoms with E-state index in [1.807, 2.05) is 60.7 Å². The minimum atomic E-state index is -0.425. The van der Waals surface area contributed by atoms with Crippen molar-refractivity contribution in [2.24, 2.45) is 0 Å². The van der Waals surface area contributed by atoms with Gasteiger partial charge in [-0.05, 0) is 30.2 Å². The third-order valence-electron chi connectivity index (χ3n) is 3.94. The van der Waals surface area contributed by atoms with E-state index in [1.165, 1.54) is 0 Å². The van der Waals surface area contributed by atoms with E-state index in [-0.39, 0.29) is 0 Å². The molecule has 0 unspecified atom stereocenters. The van der Waals surface area contributed by atoms with Crippen LogP contribution in [0, 0.1) is 0 Å². The van der Waals surface area contributed by atoms with Crippen LogP contribution in [0.1, 0.15) is 28.4 Å². The Balaban J connectivity index is 1.84. The van der Waals surface area contributed by atoms with Crippen LogP contribution in [0.25, 0.3) is 0 Å². The summed E-state index contributed by atoms with van der Waals surface area (Å²) in [5.41, 5.74) is 2.40. The highest BCUT2D eigenvalue weighted by Crippen LogP contribution is 2.33. The second-order valence-corrected chi connectivity index (χ2v) is 5.90. The summed E-state index contributed by atoms with van der Waals surface area (Å²) >= 11 is 0. The zero-order chi connectivity index (χ0) is 18.9. The molecule has 27 heavy (non-hydrogen) atoms. The van der Waals surface area contributed by atoms with Crippen LogP contribution in [-0.4, -0.2) is 12.6 Å². The molecule has 138 valence electrons. The van der Waals surface area contributed by atoms with E-state index in [0.717, 1.165) is 11.1 Å². The third-order valence-corrected chi connectivity index (χ3v) is 3.94. The molecule has 4 heteroatoms.